The molecule has 0 fully saturated rings. The van der Waals surface area contributed by atoms with Gasteiger partial charge in [-0.3, -0.25) is 0 Å². The van der Waals surface area contributed by atoms with Crippen molar-refractivity contribution in [1.82, 2.24) is 4.90 Å². The Balaban J connectivity index is 1.85. The van der Waals surface area contributed by atoms with E-state index in [9.17, 15) is 9.59 Å². The van der Waals surface area contributed by atoms with Crippen LogP contribution in [0.4, 0.5) is 0 Å². The predicted molar refractivity (Wildman–Crippen MR) is 136 cm³/mol. The number of nitrogens with zero attached hydrogens (tertiary/aromatic N) is 1. The first-order chi connectivity index (χ1) is 16.4. The average Bonchev–Trinajstić information content (AvgIpc) is 3.03. The van der Waals surface area contributed by atoms with E-state index in [0.29, 0.717) is 29.3 Å². The van der Waals surface area contributed by atoms with Crippen LogP contribution in [0, 0.1) is 0 Å². The molecule has 0 unspecified atom stereocenters. The van der Waals surface area contributed by atoms with Crippen molar-refractivity contribution in [3.05, 3.63) is 112 Å². The van der Waals surface area contributed by atoms with Crippen molar-refractivity contribution in [3.63, 3.8) is 0 Å². The number of esters is 1. The van der Waals surface area contributed by atoms with Crippen molar-refractivity contribution in [3.8, 4) is 0 Å². The fraction of sp³-hybridized carbons (Fsp3) is 0.214. The first kappa shape index (κ1) is 24.3. The quantitative estimate of drug-likeness (QED) is 0.301. The Bertz CT molecular complexity index is 1200. The summed E-state index contributed by atoms with van der Waals surface area (Å²) in [5, 5.41) is 0.632. The van der Waals surface area contributed by atoms with E-state index in [4.69, 9.17) is 16.3 Å². The van der Waals surface area contributed by atoms with E-state index in [0.717, 1.165) is 15.6 Å². The summed E-state index contributed by atoms with van der Waals surface area (Å²) in [6, 6.07) is 27.3. The van der Waals surface area contributed by atoms with E-state index in [1.165, 1.54) is 0 Å². The molecule has 0 spiro atoms. The molecule has 3 aromatic rings. The van der Waals surface area contributed by atoms with E-state index in [2.05, 4.69) is 0 Å². The number of benzene rings is 3. The SMILES string of the molecule is CCOC(=O)C1=C(C)N(Cc2ccccc2)C(=O)[C@@]1(Cc1ccc(Cl)cc1)[Se]c1ccccc1. The van der Waals surface area contributed by atoms with Crippen LogP contribution in [0.2, 0.25) is 9.34 Å². The number of hydrogen-bond acceptors (Lipinski definition) is 3. The van der Waals surface area contributed by atoms with Gasteiger partial charge in [0.2, 0.25) is 0 Å². The molecule has 34 heavy (non-hydrogen) atoms. The van der Waals surface area contributed by atoms with E-state index < -0.39 is 10.3 Å². The van der Waals surface area contributed by atoms with Gasteiger partial charge in [-0.2, -0.15) is 0 Å². The molecule has 0 radical (unpaired) electrons. The van der Waals surface area contributed by atoms with Gasteiger partial charge in [0.25, 0.3) is 0 Å². The van der Waals surface area contributed by atoms with E-state index >= 15 is 0 Å². The molecule has 1 atom stereocenters. The average molecular weight is 539 g/mol. The van der Waals surface area contributed by atoms with Crippen LogP contribution in [0.25, 0.3) is 0 Å². The molecule has 1 amide bonds. The van der Waals surface area contributed by atoms with Gasteiger partial charge in [-0.05, 0) is 0 Å². The second kappa shape index (κ2) is 10.6. The summed E-state index contributed by atoms with van der Waals surface area (Å²) < 4.78 is 5.54. The van der Waals surface area contributed by atoms with Gasteiger partial charge in [0.05, 0.1) is 0 Å². The Kier molecular flexibility index (Phi) is 7.57. The second-order valence-electron chi connectivity index (χ2n) is 8.10. The number of hydrogen-bond donors (Lipinski definition) is 0. The van der Waals surface area contributed by atoms with Gasteiger partial charge in [0.15, 0.2) is 0 Å². The van der Waals surface area contributed by atoms with Gasteiger partial charge in [-0.25, -0.2) is 0 Å². The maximum atomic E-state index is 14.3. The fourth-order valence-electron chi connectivity index (χ4n) is 4.25. The third-order valence-corrected chi connectivity index (χ3v) is 8.97. The molecule has 1 aliphatic heterocycles. The number of ether oxygens (including phenoxy) is 1. The summed E-state index contributed by atoms with van der Waals surface area (Å²) in [5.74, 6) is -0.480. The number of rotatable bonds is 8. The molecule has 4 rings (SSSR count). The molecule has 0 saturated heterocycles. The van der Waals surface area contributed by atoms with E-state index in [1.54, 1.807) is 11.8 Å². The van der Waals surface area contributed by atoms with Crippen LogP contribution >= 0.6 is 11.6 Å². The Morgan fingerprint density at radius 3 is 2.18 bits per heavy atom. The number of allylic oxidation sites excluding steroid dienone is 1. The van der Waals surface area contributed by atoms with Crippen molar-refractivity contribution >= 4 is 42.9 Å². The zero-order valence-electron chi connectivity index (χ0n) is 19.2. The van der Waals surface area contributed by atoms with Crippen molar-refractivity contribution in [2.24, 2.45) is 0 Å². The third-order valence-electron chi connectivity index (χ3n) is 5.83. The normalized spacial score (nSPS) is 17.9. The van der Waals surface area contributed by atoms with Gasteiger partial charge < -0.3 is 0 Å². The molecule has 0 aliphatic carbocycles. The Hall–Kier alpha value is -2.85. The molecule has 3 aromatic carbocycles. The van der Waals surface area contributed by atoms with Crippen molar-refractivity contribution in [1.29, 1.82) is 0 Å². The van der Waals surface area contributed by atoms with Crippen molar-refractivity contribution in [2.45, 2.75) is 31.1 Å². The molecule has 0 saturated carbocycles. The van der Waals surface area contributed by atoms with E-state index in [1.807, 2.05) is 91.9 Å². The summed E-state index contributed by atoms with van der Waals surface area (Å²) in [4.78, 5) is 29.4. The molecule has 0 aromatic heterocycles. The van der Waals surface area contributed by atoms with Crippen LogP contribution in [-0.2, 0) is 27.3 Å². The maximum absolute atomic E-state index is 14.3. The summed E-state index contributed by atoms with van der Waals surface area (Å²) in [5.41, 5.74) is 3.09. The molecule has 1 heterocycles. The van der Waals surface area contributed by atoms with Gasteiger partial charge in [-0.15, -0.1) is 0 Å². The number of halogens is 1. The minimum absolute atomic E-state index is 0.0595. The van der Waals surface area contributed by atoms with Gasteiger partial charge in [0.1, 0.15) is 0 Å². The Labute approximate surface area is 211 Å². The summed E-state index contributed by atoms with van der Waals surface area (Å²) >= 11 is 5.76. The third kappa shape index (κ3) is 4.97. The number of amides is 1. The van der Waals surface area contributed by atoms with Gasteiger partial charge in [0, 0.05) is 0 Å². The molecule has 174 valence electrons. The summed E-state index contributed by atoms with van der Waals surface area (Å²) in [6.07, 6.45) is 0.397. The number of carbonyl (C=O) groups excluding carboxylic acids is 2. The molecule has 0 bridgehead atoms. The van der Waals surface area contributed by atoms with Crippen LogP contribution in [-0.4, -0.2) is 38.3 Å². The first-order valence-electron chi connectivity index (χ1n) is 11.2. The van der Waals surface area contributed by atoms with Crippen LogP contribution in [0.5, 0.6) is 0 Å². The molecule has 0 N–H and O–H groups in total. The molecule has 6 heteroatoms. The van der Waals surface area contributed by atoms with Crippen LogP contribution in [0.15, 0.2) is 96.2 Å². The number of carbonyl (C=O) groups is 2. The summed E-state index contributed by atoms with van der Waals surface area (Å²) in [7, 11) is 0. The summed E-state index contributed by atoms with van der Waals surface area (Å²) in [6.45, 7) is 4.30. The monoisotopic (exact) mass is 539 g/mol. The van der Waals surface area contributed by atoms with Crippen molar-refractivity contribution in [2.75, 3.05) is 6.61 Å². The molecule has 1 aliphatic rings. The standard InChI is InChI=1S/C28H26ClNO3Se/c1-3-33-26(31)25-20(2)30(19-22-10-6-4-7-11-22)27(32)28(25,34-24-12-8-5-9-13-24)18-21-14-16-23(29)17-15-21/h4-17H,3,18-19H2,1-2H3/t28-/m0/s1. The minimum atomic E-state index is -1.02. The Morgan fingerprint density at radius 2 is 1.56 bits per heavy atom. The van der Waals surface area contributed by atoms with Crippen LogP contribution < -0.4 is 4.46 Å². The van der Waals surface area contributed by atoms with Crippen molar-refractivity contribution < 1.29 is 14.3 Å². The van der Waals surface area contributed by atoms with E-state index in [-0.39, 0.29) is 27.5 Å². The van der Waals surface area contributed by atoms with Crippen LogP contribution in [0.1, 0.15) is 25.0 Å². The molecular weight excluding hydrogens is 513 g/mol. The van der Waals surface area contributed by atoms with Crippen LogP contribution in [0.3, 0.4) is 0 Å². The molecule has 4 nitrogen and oxygen atoms in total. The Morgan fingerprint density at radius 1 is 0.941 bits per heavy atom. The second-order valence-corrected chi connectivity index (χ2v) is 11.4. The van der Waals surface area contributed by atoms with Gasteiger partial charge >= 0.3 is 212 Å². The molecular formula is C28H26ClNO3Se. The zero-order chi connectivity index (χ0) is 24.1. The topological polar surface area (TPSA) is 46.6 Å². The zero-order valence-corrected chi connectivity index (χ0v) is 21.6. The predicted octanol–water partition coefficient (Wildman–Crippen LogP) is 4.95. The fourth-order valence-corrected chi connectivity index (χ4v) is 7.45. The van der Waals surface area contributed by atoms with Gasteiger partial charge in [-0.1, -0.05) is 0 Å². The first-order valence-corrected chi connectivity index (χ1v) is 13.3.